The van der Waals surface area contributed by atoms with Crippen LogP contribution < -0.4 is 11.2 Å². The Balaban J connectivity index is 2.81. The third-order valence-corrected chi connectivity index (χ3v) is 7.37. The van der Waals surface area contributed by atoms with E-state index in [2.05, 4.69) is 4.98 Å². The summed E-state index contributed by atoms with van der Waals surface area (Å²) in [5, 5.41) is 19.4. The fourth-order valence-electron chi connectivity index (χ4n) is 3.93. The maximum Gasteiger partial charge on any atom is 0.330 e. The highest BCUT2D eigenvalue weighted by Crippen LogP contribution is 2.50. The topological polar surface area (TPSA) is 105 Å². The molecule has 136 valence electrons. The summed E-state index contributed by atoms with van der Waals surface area (Å²) in [6, 6.07) is 0. The smallest absolute Gasteiger partial charge is 0.330 e. The van der Waals surface area contributed by atoms with Gasteiger partial charge in [0.1, 0.15) is 11.5 Å². The Morgan fingerprint density at radius 2 is 1.96 bits per heavy atom. The number of aliphatic hydroxyl groups is 2. The third-order valence-electron chi connectivity index (χ3n) is 4.95. The van der Waals surface area contributed by atoms with E-state index in [0.29, 0.717) is 5.56 Å². The molecule has 0 spiro atoms. The van der Waals surface area contributed by atoms with E-state index in [1.54, 1.807) is 6.92 Å². The largest absolute Gasteiger partial charge is 0.394 e. The summed E-state index contributed by atoms with van der Waals surface area (Å²) in [5.41, 5.74) is -0.945. The number of hydrogen-bond donors (Lipinski definition) is 3. The molecule has 3 N–H and O–H groups in total. The number of aromatic amines is 1. The molecule has 8 heteroatoms. The van der Waals surface area contributed by atoms with Crippen LogP contribution in [0.3, 0.4) is 0 Å². The second-order valence-electron chi connectivity index (χ2n) is 8.02. The molecule has 0 amide bonds. The maximum absolute atomic E-state index is 12.6. The number of ether oxygens (including phenoxy) is 1. The average molecular weight is 356 g/mol. The first kappa shape index (κ1) is 19.1. The molecular formula is C16H28N2O5Si. The highest BCUT2D eigenvalue weighted by molar-refractivity contribution is 6.58. The summed E-state index contributed by atoms with van der Waals surface area (Å²) in [6.07, 6.45) is -0.147. The van der Waals surface area contributed by atoms with Crippen LogP contribution in [0.25, 0.3) is 0 Å². The molecule has 0 bridgehead atoms. The second-order valence-corrected chi connectivity index (χ2v) is 11.2. The molecule has 0 aromatic carbocycles. The van der Waals surface area contributed by atoms with Gasteiger partial charge >= 0.3 is 5.69 Å². The molecule has 1 aliphatic heterocycles. The zero-order valence-electron chi connectivity index (χ0n) is 15.2. The molecule has 1 unspecified atom stereocenters. The number of aliphatic hydroxyl groups excluding tert-OH is 2. The highest BCUT2D eigenvalue weighted by Gasteiger charge is 2.61. The van der Waals surface area contributed by atoms with E-state index in [4.69, 9.17) is 4.74 Å². The fourth-order valence-corrected chi connectivity index (χ4v) is 6.54. The van der Waals surface area contributed by atoms with Crippen molar-refractivity contribution < 1.29 is 14.9 Å². The number of nitrogens with zero attached hydrogens (tertiary/aromatic N) is 1. The number of aromatic nitrogens is 2. The minimum absolute atomic E-state index is 0.326. The number of H-pyrrole nitrogens is 1. The van der Waals surface area contributed by atoms with Gasteiger partial charge in [-0.05, 0) is 12.3 Å². The van der Waals surface area contributed by atoms with Gasteiger partial charge in [0.15, 0.2) is 0 Å². The summed E-state index contributed by atoms with van der Waals surface area (Å²) < 4.78 is 7.62. The Bertz CT molecular complexity index is 720. The molecule has 4 atom stereocenters. The lowest BCUT2D eigenvalue weighted by atomic mass is 9.76. The lowest BCUT2D eigenvalue weighted by Crippen LogP contribution is -2.59. The molecule has 1 aliphatic rings. The van der Waals surface area contributed by atoms with E-state index >= 15 is 0 Å². The van der Waals surface area contributed by atoms with Crippen LogP contribution in [0, 0.1) is 18.3 Å². The van der Waals surface area contributed by atoms with Gasteiger partial charge in [-0.25, -0.2) is 4.79 Å². The normalized spacial score (nSPS) is 31.0. The number of aryl methyl sites for hydroxylation is 1. The van der Waals surface area contributed by atoms with Gasteiger partial charge < -0.3 is 14.9 Å². The Morgan fingerprint density at radius 1 is 1.38 bits per heavy atom. The van der Waals surface area contributed by atoms with Crippen molar-refractivity contribution in [3.8, 4) is 0 Å². The molecule has 24 heavy (non-hydrogen) atoms. The SMILES string of the molecule is Cc1cn([C@]2([SiH](C)C)O[C@H](CO)[C@@H](O)C2C(C)(C)C)c(=O)[nH]c1=O. The van der Waals surface area contributed by atoms with Crippen LogP contribution in [0.5, 0.6) is 0 Å². The first-order valence-electron chi connectivity index (χ1n) is 8.26. The van der Waals surface area contributed by atoms with Gasteiger partial charge in [0.25, 0.3) is 5.56 Å². The summed E-state index contributed by atoms with van der Waals surface area (Å²) in [4.78, 5) is 26.7. The second kappa shape index (κ2) is 6.25. The van der Waals surface area contributed by atoms with E-state index < -0.39 is 43.5 Å². The van der Waals surface area contributed by atoms with Crippen molar-refractivity contribution in [2.45, 2.75) is 58.3 Å². The van der Waals surface area contributed by atoms with Gasteiger partial charge in [0.2, 0.25) is 0 Å². The van der Waals surface area contributed by atoms with Gasteiger partial charge in [0.05, 0.1) is 21.5 Å². The number of hydrogen-bond acceptors (Lipinski definition) is 5. The Kier molecular flexibility index (Phi) is 4.98. The molecule has 0 saturated carbocycles. The Morgan fingerprint density at radius 3 is 2.42 bits per heavy atom. The standard InChI is InChI=1S/C16H28N2O5Si/c1-9-7-18(14(22)17-13(9)21)16(24(5)6)12(15(2,3)4)11(20)10(8-19)23-16/h7,10-12,19-20,24H,8H2,1-6H3,(H,17,21,22)/t10-,11-,12?,16+/m1/s1. The molecule has 1 aromatic rings. The monoisotopic (exact) mass is 356 g/mol. The molecular weight excluding hydrogens is 328 g/mol. The lowest BCUT2D eigenvalue weighted by molar-refractivity contribution is -0.0902. The summed E-state index contributed by atoms with van der Waals surface area (Å²) in [7, 11) is -1.75. The van der Waals surface area contributed by atoms with Gasteiger partial charge in [0, 0.05) is 17.7 Å². The van der Waals surface area contributed by atoms with Crippen molar-refractivity contribution >= 4 is 8.80 Å². The average Bonchev–Trinajstić information content (AvgIpc) is 2.76. The minimum Gasteiger partial charge on any atom is -0.394 e. The highest BCUT2D eigenvalue weighted by atomic mass is 28.3. The molecule has 2 rings (SSSR count). The predicted octanol–water partition coefficient (Wildman–Crippen LogP) is -0.0620. The molecule has 0 aliphatic carbocycles. The van der Waals surface area contributed by atoms with Crippen LogP contribution in [0.2, 0.25) is 13.1 Å². The van der Waals surface area contributed by atoms with Crippen molar-refractivity contribution in [2.24, 2.45) is 11.3 Å². The molecule has 1 saturated heterocycles. The van der Waals surface area contributed by atoms with E-state index in [1.165, 1.54) is 10.8 Å². The van der Waals surface area contributed by atoms with E-state index in [1.807, 2.05) is 33.9 Å². The lowest BCUT2D eigenvalue weighted by Gasteiger charge is -2.45. The van der Waals surface area contributed by atoms with Crippen LogP contribution in [0.15, 0.2) is 15.8 Å². The van der Waals surface area contributed by atoms with E-state index in [0.717, 1.165) is 0 Å². The van der Waals surface area contributed by atoms with Crippen molar-refractivity contribution in [1.29, 1.82) is 0 Å². The quantitative estimate of drug-likeness (QED) is 0.658. The van der Waals surface area contributed by atoms with Gasteiger partial charge in [-0.2, -0.15) is 0 Å². The van der Waals surface area contributed by atoms with Crippen LogP contribution in [-0.2, 0) is 10.1 Å². The van der Waals surface area contributed by atoms with Crippen molar-refractivity contribution in [2.75, 3.05) is 6.61 Å². The number of rotatable bonds is 3. The summed E-state index contributed by atoms with van der Waals surface area (Å²) in [5.74, 6) is -0.392. The van der Waals surface area contributed by atoms with Gasteiger partial charge in [-0.3, -0.25) is 14.3 Å². The molecule has 0 radical (unpaired) electrons. The Labute approximate surface area is 142 Å². The zero-order valence-corrected chi connectivity index (χ0v) is 16.3. The predicted molar refractivity (Wildman–Crippen MR) is 93.8 cm³/mol. The van der Waals surface area contributed by atoms with Crippen molar-refractivity contribution in [1.82, 2.24) is 9.55 Å². The zero-order chi connectivity index (χ0) is 18.4. The van der Waals surface area contributed by atoms with Crippen molar-refractivity contribution in [3.05, 3.63) is 32.6 Å². The van der Waals surface area contributed by atoms with E-state index in [9.17, 15) is 19.8 Å². The van der Waals surface area contributed by atoms with E-state index in [-0.39, 0.29) is 12.0 Å². The summed E-state index contributed by atoms with van der Waals surface area (Å²) >= 11 is 0. The maximum atomic E-state index is 12.6. The fraction of sp³-hybridized carbons (Fsp3) is 0.750. The number of nitrogens with one attached hydrogen (secondary N) is 1. The van der Waals surface area contributed by atoms with Gasteiger partial charge in [-0.15, -0.1) is 0 Å². The van der Waals surface area contributed by atoms with Crippen LogP contribution in [0.4, 0.5) is 0 Å². The first-order chi connectivity index (χ1) is 11.0. The minimum atomic E-state index is -1.75. The van der Waals surface area contributed by atoms with Crippen LogP contribution in [-0.4, -0.2) is 47.4 Å². The van der Waals surface area contributed by atoms with Crippen molar-refractivity contribution in [3.63, 3.8) is 0 Å². The first-order valence-corrected chi connectivity index (χ1v) is 11.1. The summed E-state index contributed by atoms with van der Waals surface area (Å²) in [6.45, 7) is 11.3. The van der Waals surface area contributed by atoms with Gasteiger partial charge in [-0.1, -0.05) is 33.9 Å². The van der Waals surface area contributed by atoms with Crippen LogP contribution in [0.1, 0.15) is 26.3 Å². The molecule has 2 heterocycles. The molecule has 1 aromatic heterocycles. The molecule has 7 nitrogen and oxygen atoms in total. The van der Waals surface area contributed by atoms with Crippen LogP contribution >= 0.6 is 0 Å². The Hall–Kier alpha value is -1.22. The third kappa shape index (κ3) is 2.81. The molecule has 1 fully saturated rings.